The summed E-state index contributed by atoms with van der Waals surface area (Å²) in [6.45, 7) is 3.85. The molecule has 96 valence electrons. The Morgan fingerprint density at radius 1 is 1.44 bits per heavy atom. The van der Waals surface area contributed by atoms with Crippen LogP contribution in [0.1, 0.15) is 37.3 Å². The summed E-state index contributed by atoms with van der Waals surface area (Å²) in [6, 6.07) is 5.59. The van der Waals surface area contributed by atoms with Crippen LogP contribution in [0, 0.1) is 18.8 Å². The minimum absolute atomic E-state index is 0.0501. The second-order valence-electron chi connectivity index (χ2n) is 4.14. The largest absolute Gasteiger partial charge is 0.384 e. The number of nitrogens with one attached hydrogen (secondary N) is 1. The molecule has 3 heteroatoms. The van der Waals surface area contributed by atoms with Crippen LogP contribution in [0.5, 0.6) is 0 Å². The van der Waals surface area contributed by atoms with E-state index in [1.54, 1.807) is 0 Å². The van der Waals surface area contributed by atoms with Crippen LogP contribution in [-0.2, 0) is 4.79 Å². The van der Waals surface area contributed by atoms with Gasteiger partial charge in [0, 0.05) is 17.7 Å². The SMILES string of the molecule is CCCCC(=O)Nc1ccc(C#CCO)cc1C. The molecule has 0 aliphatic carbocycles. The van der Waals surface area contributed by atoms with Gasteiger partial charge in [-0.3, -0.25) is 4.79 Å². The Hall–Kier alpha value is -1.79. The molecule has 0 saturated carbocycles. The third-order valence-corrected chi connectivity index (χ3v) is 2.57. The van der Waals surface area contributed by atoms with Crippen LogP contribution in [0.3, 0.4) is 0 Å². The van der Waals surface area contributed by atoms with Crippen molar-refractivity contribution in [1.29, 1.82) is 0 Å². The lowest BCUT2D eigenvalue weighted by Crippen LogP contribution is -2.11. The lowest BCUT2D eigenvalue weighted by molar-refractivity contribution is -0.116. The molecular weight excluding hydrogens is 226 g/mol. The number of anilines is 1. The van der Waals surface area contributed by atoms with Crippen LogP contribution in [-0.4, -0.2) is 17.6 Å². The lowest BCUT2D eigenvalue weighted by Gasteiger charge is -2.08. The molecule has 1 aromatic carbocycles. The van der Waals surface area contributed by atoms with Crippen LogP contribution < -0.4 is 5.32 Å². The maximum atomic E-state index is 11.6. The van der Waals surface area contributed by atoms with Gasteiger partial charge < -0.3 is 10.4 Å². The zero-order valence-electron chi connectivity index (χ0n) is 10.9. The number of aliphatic hydroxyl groups is 1. The molecule has 0 aromatic heterocycles. The van der Waals surface area contributed by atoms with Gasteiger partial charge in [0.1, 0.15) is 6.61 Å². The Bertz CT molecular complexity index is 469. The molecule has 0 unspecified atom stereocenters. The fourth-order valence-corrected chi connectivity index (χ4v) is 1.57. The molecule has 0 fully saturated rings. The van der Waals surface area contributed by atoms with Gasteiger partial charge in [-0.1, -0.05) is 25.2 Å². The van der Waals surface area contributed by atoms with E-state index in [4.69, 9.17) is 5.11 Å². The van der Waals surface area contributed by atoms with Crippen molar-refractivity contribution in [2.75, 3.05) is 11.9 Å². The van der Waals surface area contributed by atoms with Gasteiger partial charge in [-0.2, -0.15) is 0 Å². The summed E-state index contributed by atoms with van der Waals surface area (Å²) in [6.07, 6.45) is 2.48. The standard InChI is InChI=1S/C15H19NO2/c1-3-4-7-15(18)16-14-9-8-13(6-5-10-17)11-12(14)2/h8-9,11,17H,3-4,7,10H2,1-2H3,(H,16,18). The minimum atomic E-state index is -0.144. The normalized spacial score (nSPS) is 9.50. The Morgan fingerprint density at radius 3 is 2.83 bits per heavy atom. The maximum Gasteiger partial charge on any atom is 0.224 e. The lowest BCUT2D eigenvalue weighted by atomic mass is 10.1. The molecule has 1 aromatic rings. The van der Waals surface area contributed by atoms with E-state index in [-0.39, 0.29) is 12.5 Å². The number of aryl methyl sites for hydroxylation is 1. The van der Waals surface area contributed by atoms with E-state index >= 15 is 0 Å². The fourth-order valence-electron chi connectivity index (χ4n) is 1.57. The van der Waals surface area contributed by atoms with E-state index in [0.29, 0.717) is 6.42 Å². The van der Waals surface area contributed by atoms with Gasteiger partial charge in [0.05, 0.1) is 0 Å². The average Bonchev–Trinajstić information content (AvgIpc) is 2.36. The topological polar surface area (TPSA) is 49.3 Å². The monoisotopic (exact) mass is 245 g/mol. The molecule has 0 radical (unpaired) electrons. The van der Waals surface area contributed by atoms with Crippen molar-refractivity contribution >= 4 is 11.6 Å². The van der Waals surface area contributed by atoms with E-state index in [0.717, 1.165) is 29.7 Å². The van der Waals surface area contributed by atoms with Crippen molar-refractivity contribution in [3.05, 3.63) is 29.3 Å². The highest BCUT2D eigenvalue weighted by Gasteiger charge is 2.04. The number of hydrogen-bond acceptors (Lipinski definition) is 2. The van der Waals surface area contributed by atoms with Crippen LogP contribution >= 0.6 is 0 Å². The van der Waals surface area contributed by atoms with E-state index in [1.807, 2.05) is 25.1 Å². The molecule has 0 spiro atoms. The van der Waals surface area contributed by atoms with Gasteiger partial charge in [0.15, 0.2) is 0 Å². The van der Waals surface area contributed by atoms with Gasteiger partial charge in [-0.15, -0.1) is 0 Å². The number of hydrogen-bond donors (Lipinski definition) is 2. The number of rotatable bonds is 4. The Balaban J connectivity index is 2.70. The summed E-state index contributed by atoms with van der Waals surface area (Å²) in [5.41, 5.74) is 2.64. The highest BCUT2D eigenvalue weighted by Crippen LogP contribution is 2.16. The number of benzene rings is 1. The van der Waals surface area contributed by atoms with Crippen molar-refractivity contribution in [2.45, 2.75) is 33.1 Å². The fraction of sp³-hybridized carbons (Fsp3) is 0.400. The van der Waals surface area contributed by atoms with Gasteiger partial charge in [-0.25, -0.2) is 0 Å². The van der Waals surface area contributed by atoms with Crippen molar-refractivity contribution in [2.24, 2.45) is 0 Å². The first-order chi connectivity index (χ1) is 8.67. The predicted molar refractivity (Wildman–Crippen MR) is 73.3 cm³/mol. The predicted octanol–water partition coefficient (Wildman–Crippen LogP) is 2.47. The summed E-state index contributed by atoms with van der Waals surface area (Å²) >= 11 is 0. The van der Waals surface area contributed by atoms with Gasteiger partial charge >= 0.3 is 0 Å². The maximum absolute atomic E-state index is 11.6. The first kappa shape index (κ1) is 14.3. The summed E-state index contributed by atoms with van der Waals surface area (Å²) in [5, 5.41) is 11.5. The zero-order valence-corrected chi connectivity index (χ0v) is 10.9. The van der Waals surface area contributed by atoms with Crippen LogP contribution in [0.2, 0.25) is 0 Å². The van der Waals surface area contributed by atoms with Crippen molar-refractivity contribution in [3.8, 4) is 11.8 Å². The molecule has 2 N–H and O–H groups in total. The molecule has 0 aliphatic rings. The molecule has 0 bridgehead atoms. The van der Waals surface area contributed by atoms with E-state index in [9.17, 15) is 4.79 Å². The zero-order chi connectivity index (χ0) is 13.4. The Kier molecular flexibility index (Phi) is 5.96. The third kappa shape index (κ3) is 4.60. The van der Waals surface area contributed by atoms with Crippen LogP contribution in [0.25, 0.3) is 0 Å². The van der Waals surface area contributed by atoms with Gasteiger partial charge in [0.2, 0.25) is 5.91 Å². The highest BCUT2D eigenvalue weighted by molar-refractivity contribution is 5.91. The van der Waals surface area contributed by atoms with Gasteiger partial charge in [-0.05, 0) is 37.1 Å². The molecular formula is C15H19NO2. The molecule has 1 rings (SSSR count). The Morgan fingerprint density at radius 2 is 2.22 bits per heavy atom. The molecule has 18 heavy (non-hydrogen) atoms. The second-order valence-corrected chi connectivity index (χ2v) is 4.14. The summed E-state index contributed by atoms with van der Waals surface area (Å²) < 4.78 is 0. The molecule has 0 atom stereocenters. The Labute approximate surface area is 108 Å². The first-order valence-electron chi connectivity index (χ1n) is 6.17. The molecule has 1 amide bonds. The summed E-state index contributed by atoms with van der Waals surface area (Å²) in [7, 11) is 0. The molecule has 0 heterocycles. The number of amides is 1. The number of carbonyl (C=O) groups excluding carboxylic acids is 1. The minimum Gasteiger partial charge on any atom is -0.384 e. The smallest absolute Gasteiger partial charge is 0.224 e. The average molecular weight is 245 g/mol. The van der Waals surface area contributed by atoms with E-state index in [2.05, 4.69) is 24.1 Å². The van der Waals surface area contributed by atoms with Crippen molar-refractivity contribution < 1.29 is 9.90 Å². The highest BCUT2D eigenvalue weighted by atomic mass is 16.2. The molecule has 0 saturated heterocycles. The van der Waals surface area contributed by atoms with E-state index in [1.165, 1.54) is 0 Å². The number of unbranched alkanes of at least 4 members (excludes halogenated alkanes) is 1. The number of aliphatic hydroxyl groups excluding tert-OH is 1. The van der Waals surface area contributed by atoms with Gasteiger partial charge in [0.25, 0.3) is 0 Å². The summed E-state index contributed by atoms with van der Waals surface area (Å²) in [5.74, 6) is 5.49. The van der Waals surface area contributed by atoms with Crippen molar-refractivity contribution in [1.82, 2.24) is 0 Å². The van der Waals surface area contributed by atoms with Crippen molar-refractivity contribution in [3.63, 3.8) is 0 Å². The molecule has 0 aliphatic heterocycles. The first-order valence-corrected chi connectivity index (χ1v) is 6.17. The molecule has 3 nitrogen and oxygen atoms in total. The quantitative estimate of drug-likeness (QED) is 0.801. The second kappa shape index (κ2) is 7.52. The summed E-state index contributed by atoms with van der Waals surface area (Å²) in [4.78, 5) is 11.6. The van der Waals surface area contributed by atoms with Crippen LogP contribution in [0.4, 0.5) is 5.69 Å². The third-order valence-electron chi connectivity index (χ3n) is 2.57. The number of carbonyl (C=O) groups is 1. The van der Waals surface area contributed by atoms with E-state index < -0.39 is 0 Å². The van der Waals surface area contributed by atoms with Crippen LogP contribution in [0.15, 0.2) is 18.2 Å².